The second-order valence-corrected chi connectivity index (χ2v) is 7.09. The van der Waals surface area contributed by atoms with Crippen LogP contribution in [0.1, 0.15) is 17.0 Å². The smallest absolute Gasteiger partial charge is 0.291 e. The molecule has 6 nitrogen and oxygen atoms in total. The topological polar surface area (TPSA) is 65.7 Å². The quantitative estimate of drug-likeness (QED) is 0.507. The summed E-state index contributed by atoms with van der Waals surface area (Å²) in [7, 11) is 3.13. The van der Waals surface area contributed by atoms with Crippen LogP contribution in [0.2, 0.25) is 0 Å². The van der Waals surface area contributed by atoms with Crippen LogP contribution in [0.25, 0.3) is 23.2 Å². The van der Waals surface area contributed by atoms with E-state index in [9.17, 15) is 9.18 Å². The molecule has 0 atom stereocenters. The highest BCUT2D eigenvalue weighted by Crippen LogP contribution is 2.27. The maximum absolute atomic E-state index is 13.0. The van der Waals surface area contributed by atoms with Gasteiger partial charge in [0.05, 0.1) is 18.8 Å². The Labute approximate surface area is 169 Å². The van der Waals surface area contributed by atoms with Crippen LogP contribution < -0.4 is 19.6 Å². The number of benzene rings is 2. The first-order chi connectivity index (χ1) is 14.1. The van der Waals surface area contributed by atoms with Crippen LogP contribution in [0, 0.1) is 5.82 Å². The predicted octanol–water partition coefficient (Wildman–Crippen LogP) is 3.03. The van der Waals surface area contributed by atoms with Gasteiger partial charge >= 0.3 is 0 Å². The van der Waals surface area contributed by atoms with Gasteiger partial charge in [-0.1, -0.05) is 35.6 Å². The molecule has 2 aromatic heterocycles. The fourth-order valence-electron chi connectivity index (χ4n) is 2.76. The molecule has 0 spiro atoms. The van der Waals surface area contributed by atoms with E-state index in [1.165, 1.54) is 28.0 Å². The Morgan fingerprint density at radius 3 is 2.41 bits per heavy atom. The number of methoxy groups -OCH3 is 2. The number of thiazole rings is 1. The lowest BCUT2D eigenvalue weighted by Crippen LogP contribution is -2.23. The molecule has 0 amide bonds. The van der Waals surface area contributed by atoms with Crippen molar-refractivity contribution in [3.8, 4) is 11.5 Å². The highest BCUT2D eigenvalue weighted by molar-refractivity contribution is 7.15. The standard InChI is InChI=1S/C21H16FN3O3S/c1-27-16-9-5-14(11-17(16)28-2)12-18-20(26)25-21(29-18)23-19(24-25)10-6-13-3-7-15(22)8-4-13/h3-12H,1-2H3/b10-6+,18-12-. The fraction of sp³-hybridized carbons (Fsp3) is 0.0952. The number of hydrogen-bond donors (Lipinski definition) is 0. The molecule has 0 unspecified atom stereocenters. The Kier molecular flexibility index (Phi) is 5.09. The third kappa shape index (κ3) is 3.88. The van der Waals surface area contributed by atoms with Crippen LogP contribution in [-0.2, 0) is 0 Å². The van der Waals surface area contributed by atoms with Gasteiger partial charge in [-0.15, -0.1) is 5.10 Å². The van der Waals surface area contributed by atoms with Crippen LogP contribution >= 0.6 is 11.3 Å². The zero-order chi connectivity index (χ0) is 20.4. The molecule has 8 heteroatoms. The van der Waals surface area contributed by atoms with Crippen LogP contribution in [0.5, 0.6) is 11.5 Å². The van der Waals surface area contributed by atoms with E-state index in [0.29, 0.717) is 26.8 Å². The molecule has 0 saturated heterocycles. The van der Waals surface area contributed by atoms with Gasteiger partial charge in [-0.3, -0.25) is 4.79 Å². The molecule has 0 aliphatic rings. The van der Waals surface area contributed by atoms with Crippen molar-refractivity contribution in [1.29, 1.82) is 0 Å². The maximum atomic E-state index is 13.0. The SMILES string of the molecule is COc1ccc(/C=c2\sc3nc(/C=C/c4ccc(F)cc4)nn3c2=O)cc1OC. The van der Waals surface area contributed by atoms with E-state index in [2.05, 4.69) is 10.1 Å². The summed E-state index contributed by atoms with van der Waals surface area (Å²) in [6.45, 7) is 0. The third-order valence-electron chi connectivity index (χ3n) is 4.20. The van der Waals surface area contributed by atoms with Crippen LogP contribution in [0.4, 0.5) is 4.39 Å². The van der Waals surface area contributed by atoms with Crippen molar-refractivity contribution in [1.82, 2.24) is 14.6 Å². The molecule has 0 fully saturated rings. The zero-order valence-electron chi connectivity index (χ0n) is 15.6. The average molecular weight is 409 g/mol. The molecule has 146 valence electrons. The highest BCUT2D eigenvalue weighted by atomic mass is 32.1. The van der Waals surface area contributed by atoms with E-state index in [4.69, 9.17) is 9.47 Å². The van der Waals surface area contributed by atoms with E-state index in [1.54, 1.807) is 56.7 Å². The van der Waals surface area contributed by atoms with Crippen molar-refractivity contribution in [3.63, 3.8) is 0 Å². The Bertz CT molecular complexity index is 1310. The van der Waals surface area contributed by atoms with Gasteiger partial charge in [0.15, 0.2) is 17.3 Å². The number of fused-ring (bicyclic) bond motifs is 1. The van der Waals surface area contributed by atoms with Crippen molar-refractivity contribution in [2.24, 2.45) is 0 Å². The van der Waals surface area contributed by atoms with Crippen LogP contribution in [0.3, 0.4) is 0 Å². The average Bonchev–Trinajstić information content (AvgIpc) is 3.26. The van der Waals surface area contributed by atoms with E-state index < -0.39 is 0 Å². The Balaban J connectivity index is 1.65. The zero-order valence-corrected chi connectivity index (χ0v) is 16.4. The molecule has 29 heavy (non-hydrogen) atoms. The Morgan fingerprint density at radius 2 is 1.72 bits per heavy atom. The van der Waals surface area contributed by atoms with Crippen molar-refractivity contribution < 1.29 is 13.9 Å². The summed E-state index contributed by atoms with van der Waals surface area (Å²) < 4.78 is 25.3. The first-order valence-corrected chi connectivity index (χ1v) is 9.46. The second-order valence-electron chi connectivity index (χ2n) is 6.08. The van der Waals surface area contributed by atoms with Gasteiger partial charge in [0.1, 0.15) is 5.82 Å². The molecule has 0 N–H and O–H groups in total. The Hall–Kier alpha value is -3.52. The van der Waals surface area contributed by atoms with Gasteiger partial charge in [-0.25, -0.2) is 4.39 Å². The van der Waals surface area contributed by atoms with Crippen LogP contribution in [-0.4, -0.2) is 28.8 Å². The molecule has 0 aliphatic carbocycles. The summed E-state index contributed by atoms with van der Waals surface area (Å²) in [4.78, 5) is 17.5. The van der Waals surface area contributed by atoms with E-state index in [-0.39, 0.29) is 11.4 Å². The maximum Gasteiger partial charge on any atom is 0.291 e. The van der Waals surface area contributed by atoms with E-state index in [1.807, 2.05) is 6.07 Å². The Morgan fingerprint density at radius 1 is 1.00 bits per heavy atom. The minimum Gasteiger partial charge on any atom is -0.493 e. The van der Waals surface area contributed by atoms with E-state index >= 15 is 0 Å². The first kappa shape index (κ1) is 18.8. The van der Waals surface area contributed by atoms with Gasteiger partial charge in [-0.2, -0.15) is 9.50 Å². The molecule has 0 radical (unpaired) electrons. The molecular weight excluding hydrogens is 393 g/mol. The summed E-state index contributed by atoms with van der Waals surface area (Å²) >= 11 is 1.25. The number of aromatic nitrogens is 3. The fourth-order valence-corrected chi connectivity index (χ4v) is 3.67. The minimum atomic E-state index is -0.294. The van der Waals surface area contributed by atoms with Crippen molar-refractivity contribution in [2.45, 2.75) is 0 Å². The number of hydrogen-bond acceptors (Lipinski definition) is 6. The van der Waals surface area contributed by atoms with Crippen molar-refractivity contribution in [3.05, 3.63) is 80.1 Å². The summed E-state index contributed by atoms with van der Waals surface area (Å²) in [5.74, 6) is 1.32. The van der Waals surface area contributed by atoms with Crippen molar-refractivity contribution >= 4 is 34.5 Å². The van der Waals surface area contributed by atoms with Gasteiger partial charge in [0.25, 0.3) is 5.56 Å². The normalized spacial score (nSPS) is 12.2. The molecular formula is C21H16FN3O3S. The summed E-state index contributed by atoms with van der Waals surface area (Å²) in [5, 5.41) is 4.25. The molecule has 2 aromatic carbocycles. The molecule has 4 rings (SSSR count). The molecule has 0 bridgehead atoms. The van der Waals surface area contributed by atoms with Gasteiger partial charge in [0, 0.05) is 0 Å². The lowest BCUT2D eigenvalue weighted by Gasteiger charge is -2.07. The number of nitrogens with zero attached hydrogens (tertiary/aromatic N) is 3. The van der Waals surface area contributed by atoms with Gasteiger partial charge in [0.2, 0.25) is 4.96 Å². The monoisotopic (exact) mass is 409 g/mol. The molecule has 4 aromatic rings. The number of ether oxygens (including phenoxy) is 2. The van der Waals surface area contributed by atoms with Crippen LogP contribution in [0.15, 0.2) is 47.3 Å². The van der Waals surface area contributed by atoms with Gasteiger partial charge < -0.3 is 9.47 Å². The lowest BCUT2D eigenvalue weighted by molar-refractivity contribution is 0.355. The third-order valence-corrected chi connectivity index (χ3v) is 5.16. The number of halogens is 1. The minimum absolute atomic E-state index is 0.242. The summed E-state index contributed by atoms with van der Waals surface area (Å²) in [5.41, 5.74) is 1.38. The summed E-state index contributed by atoms with van der Waals surface area (Å²) in [6, 6.07) is 11.5. The highest BCUT2D eigenvalue weighted by Gasteiger charge is 2.10. The molecule has 0 aliphatic heterocycles. The van der Waals surface area contributed by atoms with E-state index in [0.717, 1.165) is 11.1 Å². The summed E-state index contributed by atoms with van der Waals surface area (Å²) in [6.07, 6.45) is 5.21. The lowest BCUT2D eigenvalue weighted by atomic mass is 10.2. The largest absolute Gasteiger partial charge is 0.493 e. The number of rotatable bonds is 5. The molecule has 2 heterocycles. The van der Waals surface area contributed by atoms with Gasteiger partial charge in [-0.05, 0) is 47.5 Å². The second kappa shape index (κ2) is 7.84. The first-order valence-electron chi connectivity index (χ1n) is 8.64. The molecule has 0 saturated carbocycles. The predicted molar refractivity (Wildman–Crippen MR) is 111 cm³/mol. The van der Waals surface area contributed by atoms with Crippen molar-refractivity contribution in [2.75, 3.05) is 14.2 Å².